The van der Waals surface area contributed by atoms with Crippen molar-refractivity contribution in [3.05, 3.63) is 0 Å². The van der Waals surface area contributed by atoms with E-state index in [1.54, 1.807) is 0 Å². The zero-order valence-corrected chi connectivity index (χ0v) is 6.82. The van der Waals surface area contributed by atoms with Gasteiger partial charge in [-0.15, -0.1) is 0 Å². The molecule has 1 rings (SSSR count). The fourth-order valence-electron chi connectivity index (χ4n) is 1.51. The fourth-order valence-corrected chi connectivity index (χ4v) is 1.51. The molecule has 0 radical (unpaired) electrons. The van der Waals surface area contributed by atoms with E-state index in [0.29, 0.717) is 25.7 Å². The number of aldehydes is 1. The van der Waals surface area contributed by atoms with Crippen molar-refractivity contribution in [1.29, 1.82) is 0 Å². The first-order valence-electron chi connectivity index (χ1n) is 4.06. The lowest BCUT2D eigenvalue weighted by Gasteiger charge is -2.31. The van der Waals surface area contributed by atoms with Crippen molar-refractivity contribution in [3.8, 4) is 0 Å². The fraction of sp³-hybridized carbons (Fsp3) is 0.750. The molecule has 0 bridgehead atoms. The predicted molar refractivity (Wildman–Crippen MR) is 42.6 cm³/mol. The van der Waals surface area contributed by atoms with Crippen molar-refractivity contribution in [3.63, 3.8) is 0 Å². The lowest BCUT2D eigenvalue weighted by molar-refractivity contribution is -0.145. The van der Waals surface area contributed by atoms with E-state index in [9.17, 15) is 9.59 Å². The molecule has 0 amide bonds. The van der Waals surface area contributed by atoms with Gasteiger partial charge in [0.1, 0.15) is 11.8 Å². The molecule has 1 aliphatic carbocycles. The highest BCUT2D eigenvalue weighted by Gasteiger charge is 2.37. The Morgan fingerprint density at radius 3 is 2.33 bits per heavy atom. The van der Waals surface area contributed by atoms with Gasteiger partial charge in [-0.1, -0.05) is 0 Å². The Morgan fingerprint density at radius 2 is 2.00 bits per heavy atom. The van der Waals surface area contributed by atoms with Crippen LogP contribution in [0.3, 0.4) is 0 Å². The van der Waals surface area contributed by atoms with Gasteiger partial charge < -0.3 is 15.6 Å². The zero-order valence-electron chi connectivity index (χ0n) is 6.82. The molecule has 0 atom stereocenters. The molecule has 0 aliphatic heterocycles. The summed E-state index contributed by atoms with van der Waals surface area (Å²) in [5, 5.41) is 8.74. The van der Waals surface area contributed by atoms with Gasteiger partial charge in [0, 0.05) is 5.92 Å². The van der Waals surface area contributed by atoms with Crippen LogP contribution in [0.1, 0.15) is 25.7 Å². The van der Waals surface area contributed by atoms with E-state index < -0.39 is 11.5 Å². The molecule has 1 fully saturated rings. The molecule has 0 unspecified atom stereocenters. The molecular formula is C8H13NO3. The topological polar surface area (TPSA) is 80.4 Å². The summed E-state index contributed by atoms with van der Waals surface area (Å²) >= 11 is 0. The third-order valence-corrected chi connectivity index (χ3v) is 2.54. The number of nitrogens with two attached hydrogens (primary N) is 1. The van der Waals surface area contributed by atoms with Crippen LogP contribution in [0.2, 0.25) is 0 Å². The second-order valence-electron chi connectivity index (χ2n) is 3.43. The molecule has 68 valence electrons. The van der Waals surface area contributed by atoms with Crippen LogP contribution in [0.5, 0.6) is 0 Å². The molecule has 3 N–H and O–H groups in total. The van der Waals surface area contributed by atoms with Crippen LogP contribution in [0.15, 0.2) is 0 Å². The smallest absolute Gasteiger partial charge is 0.323 e. The average molecular weight is 171 g/mol. The molecule has 0 aromatic carbocycles. The van der Waals surface area contributed by atoms with Gasteiger partial charge in [-0.25, -0.2) is 0 Å². The SMILES string of the molecule is NC1(C(=O)O)CCC(C=O)CC1. The van der Waals surface area contributed by atoms with E-state index in [-0.39, 0.29) is 5.92 Å². The zero-order chi connectivity index (χ0) is 9.19. The van der Waals surface area contributed by atoms with Crippen LogP contribution in [0.25, 0.3) is 0 Å². The molecule has 0 aromatic heterocycles. The van der Waals surface area contributed by atoms with Gasteiger partial charge in [0.25, 0.3) is 0 Å². The van der Waals surface area contributed by atoms with Crippen molar-refractivity contribution in [2.75, 3.05) is 0 Å². The summed E-state index contributed by atoms with van der Waals surface area (Å²) in [5.41, 5.74) is 4.52. The molecule has 4 heteroatoms. The highest BCUT2D eigenvalue weighted by atomic mass is 16.4. The minimum absolute atomic E-state index is 0.0148. The van der Waals surface area contributed by atoms with Gasteiger partial charge in [0.15, 0.2) is 0 Å². The molecule has 0 saturated heterocycles. The van der Waals surface area contributed by atoms with Gasteiger partial charge in [-0.2, -0.15) is 0 Å². The van der Waals surface area contributed by atoms with Gasteiger partial charge in [0.05, 0.1) is 0 Å². The minimum atomic E-state index is -1.08. The third kappa shape index (κ3) is 1.64. The summed E-state index contributed by atoms with van der Waals surface area (Å²) in [5.74, 6) is -0.937. The van der Waals surface area contributed by atoms with Crippen LogP contribution < -0.4 is 5.73 Å². The first-order valence-corrected chi connectivity index (χ1v) is 4.06. The summed E-state index contributed by atoms with van der Waals surface area (Å²) in [6.07, 6.45) is 2.91. The Kier molecular flexibility index (Phi) is 2.47. The van der Waals surface area contributed by atoms with Gasteiger partial charge in [-0.3, -0.25) is 4.79 Å². The summed E-state index contributed by atoms with van der Waals surface area (Å²) in [6.45, 7) is 0. The number of hydrogen-bond acceptors (Lipinski definition) is 3. The first-order chi connectivity index (χ1) is 5.58. The maximum atomic E-state index is 10.7. The average Bonchev–Trinajstić information content (AvgIpc) is 2.06. The molecule has 0 spiro atoms. The standard InChI is InChI=1S/C8H13NO3/c9-8(7(11)12)3-1-6(5-10)2-4-8/h5-6H,1-4,9H2,(H,11,12). The summed E-state index contributed by atoms with van der Waals surface area (Å²) in [6, 6.07) is 0. The van der Waals surface area contributed by atoms with Crippen LogP contribution in [0.4, 0.5) is 0 Å². The molecule has 12 heavy (non-hydrogen) atoms. The third-order valence-electron chi connectivity index (χ3n) is 2.54. The van der Waals surface area contributed by atoms with E-state index in [0.717, 1.165) is 6.29 Å². The maximum absolute atomic E-state index is 10.7. The van der Waals surface area contributed by atoms with E-state index in [1.807, 2.05) is 0 Å². The number of aliphatic carboxylic acids is 1. The number of carbonyl (C=O) groups excluding carboxylic acids is 1. The number of rotatable bonds is 2. The monoisotopic (exact) mass is 171 g/mol. The number of hydrogen-bond donors (Lipinski definition) is 2. The van der Waals surface area contributed by atoms with Crippen LogP contribution in [0, 0.1) is 5.92 Å². The Hall–Kier alpha value is -0.900. The Balaban J connectivity index is 2.55. The summed E-state index contributed by atoms with van der Waals surface area (Å²) in [4.78, 5) is 21.0. The van der Waals surface area contributed by atoms with Gasteiger partial charge >= 0.3 is 5.97 Å². The van der Waals surface area contributed by atoms with E-state index in [1.165, 1.54) is 0 Å². The van der Waals surface area contributed by atoms with Crippen molar-refractivity contribution in [2.24, 2.45) is 11.7 Å². The lowest BCUT2D eigenvalue weighted by Crippen LogP contribution is -2.50. The van der Waals surface area contributed by atoms with Crippen LogP contribution in [-0.4, -0.2) is 22.9 Å². The second-order valence-corrected chi connectivity index (χ2v) is 3.43. The minimum Gasteiger partial charge on any atom is -0.480 e. The molecule has 1 saturated carbocycles. The van der Waals surface area contributed by atoms with E-state index in [4.69, 9.17) is 10.8 Å². The predicted octanol–water partition coefficient (Wildman–Crippen LogP) is 0.158. The highest BCUT2D eigenvalue weighted by Crippen LogP contribution is 2.29. The maximum Gasteiger partial charge on any atom is 0.323 e. The Bertz CT molecular complexity index is 194. The molecular weight excluding hydrogens is 158 g/mol. The Labute approximate surface area is 70.7 Å². The highest BCUT2D eigenvalue weighted by molar-refractivity contribution is 5.78. The summed E-state index contributed by atoms with van der Waals surface area (Å²) in [7, 11) is 0. The van der Waals surface area contributed by atoms with Crippen molar-refractivity contribution in [2.45, 2.75) is 31.2 Å². The lowest BCUT2D eigenvalue weighted by atomic mass is 9.78. The quantitative estimate of drug-likeness (QED) is 0.580. The van der Waals surface area contributed by atoms with Crippen molar-refractivity contribution < 1.29 is 14.7 Å². The van der Waals surface area contributed by atoms with Crippen LogP contribution >= 0.6 is 0 Å². The number of carbonyl (C=O) groups is 2. The largest absolute Gasteiger partial charge is 0.480 e. The van der Waals surface area contributed by atoms with E-state index >= 15 is 0 Å². The normalized spacial score (nSPS) is 35.9. The van der Waals surface area contributed by atoms with Gasteiger partial charge in [0.2, 0.25) is 0 Å². The van der Waals surface area contributed by atoms with Crippen molar-refractivity contribution in [1.82, 2.24) is 0 Å². The number of carboxylic acid groups (broad SMARTS) is 1. The van der Waals surface area contributed by atoms with Gasteiger partial charge in [-0.05, 0) is 25.7 Å². The van der Waals surface area contributed by atoms with E-state index in [2.05, 4.69) is 0 Å². The molecule has 0 aromatic rings. The van der Waals surface area contributed by atoms with Crippen molar-refractivity contribution >= 4 is 12.3 Å². The first kappa shape index (κ1) is 9.19. The molecule has 0 heterocycles. The Morgan fingerprint density at radius 1 is 1.50 bits per heavy atom. The second kappa shape index (κ2) is 3.23. The van der Waals surface area contributed by atoms with Crippen LogP contribution in [-0.2, 0) is 9.59 Å². The molecule has 4 nitrogen and oxygen atoms in total. The summed E-state index contributed by atoms with van der Waals surface area (Å²) < 4.78 is 0. The molecule has 1 aliphatic rings. The number of carboxylic acids is 1.